The molecule has 1 aliphatic rings. The van der Waals surface area contributed by atoms with Crippen molar-refractivity contribution < 1.29 is 8.78 Å². The summed E-state index contributed by atoms with van der Waals surface area (Å²) in [5.41, 5.74) is 0.776. The highest BCUT2D eigenvalue weighted by Gasteiger charge is 2.24. The molecule has 1 N–H and O–H groups in total. The van der Waals surface area contributed by atoms with Crippen LogP contribution >= 0.6 is 11.8 Å². The summed E-state index contributed by atoms with van der Waals surface area (Å²) in [6.45, 7) is 4.02. The number of nitrogens with one attached hydrogen (secondary N) is 1. The van der Waals surface area contributed by atoms with Gasteiger partial charge in [0, 0.05) is 30.6 Å². The highest BCUT2D eigenvalue weighted by Crippen LogP contribution is 2.30. The topological polar surface area (TPSA) is 15.3 Å². The van der Waals surface area contributed by atoms with Crippen LogP contribution in [0.3, 0.4) is 0 Å². The minimum atomic E-state index is -0.452. The Balaban J connectivity index is 2.24. The molecule has 0 spiro atoms. The Hall–Kier alpha value is -0.810. The number of rotatable bonds is 4. The fourth-order valence-corrected chi connectivity index (χ4v) is 3.58. The zero-order chi connectivity index (χ0) is 13.8. The van der Waals surface area contributed by atoms with Crippen LogP contribution in [0.25, 0.3) is 0 Å². The van der Waals surface area contributed by atoms with Crippen LogP contribution in [0.2, 0.25) is 0 Å². The molecule has 1 atom stereocenters. The summed E-state index contributed by atoms with van der Waals surface area (Å²) in [7, 11) is 1.76. The second-order valence-corrected chi connectivity index (χ2v) is 6.19. The summed E-state index contributed by atoms with van der Waals surface area (Å²) in [5.74, 6) is 0.0225. The van der Waals surface area contributed by atoms with Crippen molar-refractivity contribution in [2.45, 2.75) is 25.1 Å². The molecule has 106 valence electrons. The van der Waals surface area contributed by atoms with E-state index < -0.39 is 11.6 Å². The van der Waals surface area contributed by atoms with E-state index in [1.54, 1.807) is 7.05 Å². The van der Waals surface area contributed by atoms with Gasteiger partial charge in [-0.25, -0.2) is 8.78 Å². The van der Waals surface area contributed by atoms with Gasteiger partial charge in [0.15, 0.2) is 0 Å². The zero-order valence-electron chi connectivity index (χ0n) is 11.4. The summed E-state index contributed by atoms with van der Waals surface area (Å²) < 4.78 is 28.3. The molecule has 1 unspecified atom stereocenters. The first-order valence-electron chi connectivity index (χ1n) is 6.64. The van der Waals surface area contributed by atoms with Crippen LogP contribution in [0.1, 0.15) is 18.9 Å². The molecule has 1 aromatic carbocycles. The van der Waals surface area contributed by atoms with Crippen molar-refractivity contribution in [2.24, 2.45) is 0 Å². The lowest BCUT2D eigenvalue weighted by molar-refractivity contribution is 0.563. The van der Waals surface area contributed by atoms with Gasteiger partial charge in [0.2, 0.25) is 0 Å². The van der Waals surface area contributed by atoms with Crippen molar-refractivity contribution in [3.63, 3.8) is 0 Å². The van der Waals surface area contributed by atoms with Crippen molar-refractivity contribution in [1.82, 2.24) is 5.32 Å². The fraction of sp³-hybridized carbons (Fsp3) is 0.571. The third-order valence-corrected chi connectivity index (χ3v) is 4.74. The maximum absolute atomic E-state index is 14.1. The van der Waals surface area contributed by atoms with Crippen LogP contribution in [0.4, 0.5) is 14.5 Å². The van der Waals surface area contributed by atoms with Gasteiger partial charge in [-0.1, -0.05) is 6.92 Å². The molecule has 1 aromatic rings. The Morgan fingerprint density at radius 3 is 2.63 bits per heavy atom. The average Bonchev–Trinajstić information content (AvgIpc) is 2.38. The molecule has 1 aliphatic heterocycles. The Bertz CT molecular complexity index is 416. The lowest BCUT2D eigenvalue weighted by atomic mass is 10.1. The molecule has 1 fully saturated rings. The highest BCUT2D eigenvalue weighted by molar-refractivity contribution is 8.00. The van der Waals surface area contributed by atoms with E-state index in [1.165, 1.54) is 12.1 Å². The summed E-state index contributed by atoms with van der Waals surface area (Å²) in [4.78, 5) is 1.85. The summed E-state index contributed by atoms with van der Waals surface area (Å²) in [6, 6.07) is 2.86. The summed E-state index contributed by atoms with van der Waals surface area (Å²) >= 11 is 1.89. The number of anilines is 1. The quantitative estimate of drug-likeness (QED) is 0.916. The van der Waals surface area contributed by atoms with Gasteiger partial charge < -0.3 is 10.2 Å². The van der Waals surface area contributed by atoms with E-state index in [2.05, 4.69) is 12.2 Å². The molecular formula is C14H20F2N2S. The van der Waals surface area contributed by atoms with Gasteiger partial charge in [0.05, 0.1) is 0 Å². The van der Waals surface area contributed by atoms with Gasteiger partial charge in [-0.3, -0.25) is 0 Å². The predicted molar refractivity (Wildman–Crippen MR) is 77.9 cm³/mol. The molecule has 0 aliphatic carbocycles. The minimum absolute atomic E-state index is 0.138. The average molecular weight is 286 g/mol. The molecule has 0 bridgehead atoms. The molecular weight excluding hydrogens is 266 g/mol. The molecule has 0 saturated carbocycles. The Morgan fingerprint density at radius 2 is 2.05 bits per heavy atom. The van der Waals surface area contributed by atoms with Crippen molar-refractivity contribution in [1.29, 1.82) is 0 Å². The van der Waals surface area contributed by atoms with Crippen molar-refractivity contribution >= 4 is 17.4 Å². The Morgan fingerprint density at radius 1 is 1.37 bits per heavy atom. The number of nitrogens with zero attached hydrogens (tertiary/aromatic N) is 1. The maximum Gasteiger partial charge on any atom is 0.149 e. The highest BCUT2D eigenvalue weighted by atomic mass is 32.2. The molecule has 0 radical (unpaired) electrons. The van der Waals surface area contributed by atoms with Crippen LogP contribution in [0.5, 0.6) is 0 Å². The van der Waals surface area contributed by atoms with E-state index in [4.69, 9.17) is 0 Å². The fourth-order valence-electron chi connectivity index (χ4n) is 2.40. The first-order valence-corrected chi connectivity index (χ1v) is 7.69. The van der Waals surface area contributed by atoms with E-state index in [0.29, 0.717) is 23.9 Å². The van der Waals surface area contributed by atoms with E-state index >= 15 is 0 Å². The van der Waals surface area contributed by atoms with Crippen molar-refractivity contribution in [2.75, 3.05) is 30.8 Å². The van der Waals surface area contributed by atoms with Gasteiger partial charge >= 0.3 is 0 Å². The van der Waals surface area contributed by atoms with Crippen LogP contribution < -0.4 is 10.2 Å². The molecule has 1 saturated heterocycles. The lowest BCUT2D eigenvalue weighted by Crippen LogP contribution is -2.38. The largest absolute Gasteiger partial charge is 0.365 e. The molecule has 0 amide bonds. The van der Waals surface area contributed by atoms with Gasteiger partial charge in [0.25, 0.3) is 0 Å². The first kappa shape index (κ1) is 14.6. The maximum atomic E-state index is 14.1. The van der Waals surface area contributed by atoms with Gasteiger partial charge in [0.1, 0.15) is 17.3 Å². The molecule has 0 aromatic heterocycles. The molecule has 19 heavy (non-hydrogen) atoms. The second kappa shape index (κ2) is 6.57. The number of thioether (sulfide) groups is 1. The van der Waals surface area contributed by atoms with Gasteiger partial charge in [-0.2, -0.15) is 11.8 Å². The van der Waals surface area contributed by atoms with Crippen LogP contribution in [-0.4, -0.2) is 31.1 Å². The summed E-state index contributed by atoms with van der Waals surface area (Å²) in [6.07, 6.45) is 1.03. The molecule has 5 heteroatoms. The van der Waals surface area contributed by atoms with Crippen LogP contribution in [0, 0.1) is 11.6 Å². The van der Waals surface area contributed by atoms with Crippen LogP contribution in [0.15, 0.2) is 12.1 Å². The van der Waals surface area contributed by atoms with E-state index in [1.807, 2.05) is 16.7 Å². The van der Waals surface area contributed by atoms with Crippen molar-refractivity contribution in [3.05, 3.63) is 29.3 Å². The standard InChI is InChI=1S/C14H20F2N2S/c1-3-11-9-18(4-5-19-11)14-12(15)6-10(8-17-2)7-13(14)16/h6-7,11,17H,3-5,8-9H2,1-2H3. The zero-order valence-corrected chi connectivity index (χ0v) is 12.2. The lowest BCUT2D eigenvalue weighted by Gasteiger charge is -2.34. The predicted octanol–water partition coefficient (Wildman–Crippen LogP) is 3.02. The number of halogens is 2. The second-order valence-electron chi connectivity index (χ2n) is 4.79. The first-order chi connectivity index (χ1) is 9.15. The SMILES string of the molecule is CCC1CN(c2c(F)cc(CNC)cc2F)CCS1. The van der Waals surface area contributed by atoms with Crippen LogP contribution in [-0.2, 0) is 6.54 Å². The number of hydrogen-bond donors (Lipinski definition) is 1. The third kappa shape index (κ3) is 3.39. The number of hydrogen-bond acceptors (Lipinski definition) is 3. The third-order valence-electron chi connectivity index (χ3n) is 3.37. The molecule has 2 nitrogen and oxygen atoms in total. The molecule has 2 rings (SSSR count). The normalized spacial score (nSPS) is 19.8. The van der Waals surface area contributed by atoms with Gasteiger partial charge in [-0.05, 0) is 31.2 Å². The van der Waals surface area contributed by atoms with Gasteiger partial charge in [-0.15, -0.1) is 0 Å². The van der Waals surface area contributed by atoms with E-state index in [9.17, 15) is 8.78 Å². The van der Waals surface area contributed by atoms with E-state index in [0.717, 1.165) is 18.7 Å². The Labute approximate surface area is 117 Å². The molecule has 1 heterocycles. The Kier molecular flexibility index (Phi) is 5.05. The number of benzene rings is 1. The minimum Gasteiger partial charge on any atom is -0.365 e. The van der Waals surface area contributed by atoms with E-state index in [-0.39, 0.29) is 5.69 Å². The van der Waals surface area contributed by atoms with Crippen molar-refractivity contribution in [3.8, 4) is 0 Å². The monoisotopic (exact) mass is 286 g/mol. The smallest absolute Gasteiger partial charge is 0.149 e. The summed E-state index contributed by atoms with van der Waals surface area (Å²) in [5, 5.41) is 3.37.